The molecule has 0 spiro atoms. The lowest BCUT2D eigenvalue weighted by Gasteiger charge is -2.10. The van der Waals surface area contributed by atoms with Gasteiger partial charge in [-0.05, 0) is 18.2 Å². The third-order valence-corrected chi connectivity index (χ3v) is 2.02. The Morgan fingerprint density at radius 3 is 3.00 bits per heavy atom. The quantitative estimate of drug-likeness (QED) is 0.671. The van der Waals surface area contributed by atoms with Gasteiger partial charge in [0.25, 0.3) is 0 Å². The molecule has 0 aliphatic heterocycles. The minimum atomic E-state index is -0.225. The van der Waals surface area contributed by atoms with Crippen molar-refractivity contribution in [2.75, 3.05) is 13.7 Å². The third-order valence-electron chi connectivity index (χ3n) is 2.02. The Morgan fingerprint density at radius 1 is 1.77 bits per heavy atom. The molecule has 0 saturated carbocycles. The topological polar surface area (TPSA) is 68.1 Å². The predicted molar refractivity (Wildman–Crippen MR) is 49.2 cm³/mol. The highest BCUT2D eigenvalue weighted by Gasteiger charge is 2.14. The molecular formula is C9H14N2O2. The van der Waals surface area contributed by atoms with Gasteiger partial charge in [0, 0.05) is 18.3 Å². The summed E-state index contributed by atoms with van der Waals surface area (Å²) in [4.78, 5) is 13.9. The molecule has 1 aromatic rings. The second-order valence-corrected chi connectivity index (χ2v) is 2.86. The van der Waals surface area contributed by atoms with Crippen molar-refractivity contribution in [2.45, 2.75) is 12.3 Å². The molecule has 1 rings (SSSR count). The normalized spacial score (nSPS) is 12.5. The van der Waals surface area contributed by atoms with Crippen LogP contribution in [0.5, 0.6) is 0 Å². The molecule has 0 amide bonds. The number of hydrogen-bond acceptors (Lipinski definition) is 3. The monoisotopic (exact) mass is 182 g/mol. The van der Waals surface area contributed by atoms with E-state index >= 15 is 0 Å². The Labute approximate surface area is 77.1 Å². The van der Waals surface area contributed by atoms with Gasteiger partial charge < -0.3 is 15.5 Å². The van der Waals surface area contributed by atoms with E-state index in [-0.39, 0.29) is 11.9 Å². The van der Waals surface area contributed by atoms with Gasteiger partial charge in [-0.3, -0.25) is 4.79 Å². The molecule has 1 heterocycles. The first-order valence-electron chi connectivity index (χ1n) is 4.17. The molecular weight excluding hydrogens is 168 g/mol. The fourth-order valence-electron chi connectivity index (χ4n) is 1.21. The summed E-state index contributed by atoms with van der Waals surface area (Å²) in [6.45, 7) is 0.451. The zero-order valence-corrected chi connectivity index (χ0v) is 7.62. The first-order chi connectivity index (χ1) is 6.27. The standard InChI is InChI=1S/C9H14N2O2/c1-13-9(12)4-8(5-10)7-2-3-11-6-7/h2-3,6,8,11H,4-5,10H2,1H3. The van der Waals surface area contributed by atoms with E-state index in [4.69, 9.17) is 5.73 Å². The molecule has 0 saturated heterocycles. The summed E-state index contributed by atoms with van der Waals surface area (Å²) in [5, 5.41) is 0. The summed E-state index contributed by atoms with van der Waals surface area (Å²) in [7, 11) is 1.38. The fourth-order valence-corrected chi connectivity index (χ4v) is 1.21. The molecule has 13 heavy (non-hydrogen) atoms. The third kappa shape index (κ3) is 2.59. The van der Waals surface area contributed by atoms with Gasteiger partial charge in [0.15, 0.2) is 0 Å². The first kappa shape index (κ1) is 9.80. The highest BCUT2D eigenvalue weighted by molar-refractivity contribution is 5.70. The Hall–Kier alpha value is -1.29. The van der Waals surface area contributed by atoms with Gasteiger partial charge in [0.2, 0.25) is 0 Å². The van der Waals surface area contributed by atoms with Crippen LogP contribution in [0.2, 0.25) is 0 Å². The molecule has 72 valence electrons. The number of aromatic amines is 1. The number of ether oxygens (including phenoxy) is 1. The largest absolute Gasteiger partial charge is 0.469 e. The maximum Gasteiger partial charge on any atom is 0.306 e. The number of rotatable bonds is 4. The highest BCUT2D eigenvalue weighted by Crippen LogP contribution is 2.17. The van der Waals surface area contributed by atoms with Crippen LogP contribution in [0.15, 0.2) is 18.5 Å². The number of aromatic nitrogens is 1. The smallest absolute Gasteiger partial charge is 0.306 e. The second kappa shape index (κ2) is 4.67. The van der Waals surface area contributed by atoms with Gasteiger partial charge >= 0.3 is 5.97 Å². The molecule has 0 aliphatic rings. The number of H-pyrrole nitrogens is 1. The maximum atomic E-state index is 11.0. The van der Waals surface area contributed by atoms with Crippen molar-refractivity contribution >= 4 is 5.97 Å². The minimum absolute atomic E-state index is 0.0544. The van der Waals surface area contributed by atoms with Crippen LogP contribution in [-0.4, -0.2) is 24.6 Å². The van der Waals surface area contributed by atoms with Crippen molar-refractivity contribution in [3.05, 3.63) is 24.0 Å². The number of hydrogen-bond donors (Lipinski definition) is 2. The molecule has 3 N–H and O–H groups in total. The van der Waals surface area contributed by atoms with E-state index in [2.05, 4.69) is 9.72 Å². The summed E-state index contributed by atoms with van der Waals surface area (Å²) in [6, 6.07) is 1.92. The van der Waals surface area contributed by atoms with Crippen LogP contribution in [0.4, 0.5) is 0 Å². The predicted octanol–water partition coefficient (Wildman–Crippen LogP) is 0.620. The van der Waals surface area contributed by atoms with Crippen molar-refractivity contribution < 1.29 is 9.53 Å². The first-order valence-corrected chi connectivity index (χ1v) is 4.17. The molecule has 0 aromatic carbocycles. The van der Waals surface area contributed by atoms with Gasteiger partial charge in [-0.1, -0.05) is 0 Å². The molecule has 1 unspecified atom stereocenters. The number of nitrogens with one attached hydrogen (secondary N) is 1. The van der Waals surface area contributed by atoms with Crippen LogP contribution in [0.3, 0.4) is 0 Å². The second-order valence-electron chi connectivity index (χ2n) is 2.86. The van der Waals surface area contributed by atoms with Crippen LogP contribution in [0.25, 0.3) is 0 Å². The van der Waals surface area contributed by atoms with Crippen molar-refractivity contribution in [3.63, 3.8) is 0 Å². The number of carbonyl (C=O) groups is 1. The van der Waals surface area contributed by atoms with Crippen LogP contribution in [-0.2, 0) is 9.53 Å². The molecule has 0 fully saturated rings. The van der Waals surface area contributed by atoms with Crippen LogP contribution >= 0.6 is 0 Å². The Balaban J connectivity index is 2.58. The number of esters is 1. The van der Waals surface area contributed by atoms with E-state index in [0.717, 1.165) is 5.56 Å². The molecule has 1 atom stereocenters. The number of carbonyl (C=O) groups excluding carboxylic acids is 1. The zero-order valence-electron chi connectivity index (χ0n) is 7.62. The van der Waals surface area contributed by atoms with E-state index in [1.807, 2.05) is 18.5 Å². The minimum Gasteiger partial charge on any atom is -0.469 e. The van der Waals surface area contributed by atoms with Crippen molar-refractivity contribution in [1.82, 2.24) is 4.98 Å². The summed E-state index contributed by atoms with van der Waals surface area (Å²) in [5.41, 5.74) is 6.59. The molecule has 1 aromatic heterocycles. The van der Waals surface area contributed by atoms with Crippen LogP contribution < -0.4 is 5.73 Å². The molecule has 4 heteroatoms. The van der Waals surface area contributed by atoms with Gasteiger partial charge in [-0.15, -0.1) is 0 Å². The van der Waals surface area contributed by atoms with Gasteiger partial charge in [0.1, 0.15) is 0 Å². The average Bonchev–Trinajstić information content (AvgIpc) is 2.66. The highest BCUT2D eigenvalue weighted by atomic mass is 16.5. The average molecular weight is 182 g/mol. The lowest BCUT2D eigenvalue weighted by molar-refractivity contribution is -0.141. The number of nitrogens with two attached hydrogens (primary N) is 1. The van der Waals surface area contributed by atoms with E-state index in [9.17, 15) is 4.79 Å². The summed E-state index contributed by atoms with van der Waals surface area (Å²) < 4.78 is 4.58. The molecule has 0 aliphatic carbocycles. The van der Waals surface area contributed by atoms with E-state index < -0.39 is 0 Å². The summed E-state index contributed by atoms with van der Waals surface area (Å²) in [6.07, 6.45) is 4.00. The lowest BCUT2D eigenvalue weighted by Crippen LogP contribution is -2.16. The summed E-state index contributed by atoms with van der Waals surface area (Å²) >= 11 is 0. The Kier molecular flexibility index (Phi) is 3.52. The molecule has 4 nitrogen and oxygen atoms in total. The molecule has 0 radical (unpaired) electrons. The fraction of sp³-hybridized carbons (Fsp3) is 0.444. The maximum absolute atomic E-state index is 11.0. The Morgan fingerprint density at radius 2 is 2.54 bits per heavy atom. The van der Waals surface area contributed by atoms with E-state index in [0.29, 0.717) is 13.0 Å². The number of methoxy groups -OCH3 is 1. The van der Waals surface area contributed by atoms with Crippen LogP contribution in [0, 0.1) is 0 Å². The van der Waals surface area contributed by atoms with Crippen molar-refractivity contribution in [3.8, 4) is 0 Å². The molecule has 0 bridgehead atoms. The van der Waals surface area contributed by atoms with Gasteiger partial charge in [-0.2, -0.15) is 0 Å². The Bertz CT molecular complexity index is 257. The van der Waals surface area contributed by atoms with E-state index in [1.165, 1.54) is 7.11 Å². The zero-order chi connectivity index (χ0) is 9.68. The summed E-state index contributed by atoms with van der Waals surface area (Å²) in [5.74, 6) is -0.171. The van der Waals surface area contributed by atoms with Gasteiger partial charge in [-0.25, -0.2) is 0 Å². The van der Waals surface area contributed by atoms with Crippen molar-refractivity contribution in [2.24, 2.45) is 5.73 Å². The van der Waals surface area contributed by atoms with Gasteiger partial charge in [0.05, 0.1) is 13.5 Å². The lowest BCUT2D eigenvalue weighted by atomic mass is 9.99. The van der Waals surface area contributed by atoms with E-state index in [1.54, 1.807) is 0 Å². The van der Waals surface area contributed by atoms with Crippen molar-refractivity contribution in [1.29, 1.82) is 0 Å². The SMILES string of the molecule is COC(=O)CC(CN)c1cc[nH]c1. The van der Waals surface area contributed by atoms with Crippen LogP contribution in [0.1, 0.15) is 17.9 Å².